The van der Waals surface area contributed by atoms with Crippen LogP contribution < -0.4 is 5.43 Å². The van der Waals surface area contributed by atoms with Crippen LogP contribution in [0.15, 0.2) is 29.5 Å². The molecule has 0 saturated heterocycles. The van der Waals surface area contributed by atoms with Gasteiger partial charge in [0.2, 0.25) is 0 Å². The predicted molar refractivity (Wildman–Crippen MR) is 52.0 cm³/mol. The Labute approximate surface area is 81.8 Å². The first-order valence-corrected chi connectivity index (χ1v) is 4.03. The number of hydrogen-bond acceptors (Lipinski definition) is 4. The van der Waals surface area contributed by atoms with E-state index in [1.54, 1.807) is 19.2 Å². The summed E-state index contributed by atoms with van der Waals surface area (Å²) in [7, 11) is 1.28. The Kier molecular flexibility index (Phi) is 3.60. The van der Waals surface area contributed by atoms with Crippen LogP contribution in [0, 0.1) is 0 Å². The number of methoxy groups -OCH3 is 1. The first-order chi connectivity index (χ1) is 6.74. The Balaban J connectivity index is 2.66. The maximum atomic E-state index is 10.7. The molecule has 1 N–H and O–H groups in total. The van der Waals surface area contributed by atoms with E-state index in [0.717, 1.165) is 0 Å². The van der Waals surface area contributed by atoms with Gasteiger partial charge in [0.1, 0.15) is 0 Å². The Morgan fingerprint density at radius 1 is 1.57 bits per heavy atom. The standard InChI is InChI=1S/C9H11N3O2/c1-7(11-12-9(13)14-2)8-5-3-4-6-10-8/h3-6H,1-2H3,(H,12,13). The van der Waals surface area contributed by atoms with Gasteiger partial charge in [-0.25, -0.2) is 10.2 Å². The Morgan fingerprint density at radius 3 is 2.93 bits per heavy atom. The van der Waals surface area contributed by atoms with Gasteiger partial charge in [-0.3, -0.25) is 4.98 Å². The second-order valence-electron chi connectivity index (χ2n) is 2.52. The van der Waals surface area contributed by atoms with Crippen LogP contribution in [0.4, 0.5) is 4.79 Å². The summed E-state index contributed by atoms with van der Waals surface area (Å²) < 4.78 is 4.36. The number of ether oxygens (including phenoxy) is 1. The molecule has 74 valence electrons. The molecule has 1 rings (SSSR count). The molecule has 0 bridgehead atoms. The van der Waals surface area contributed by atoms with Gasteiger partial charge in [0.05, 0.1) is 18.5 Å². The molecular formula is C9H11N3O2. The van der Waals surface area contributed by atoms with E-state index in [0.29, 0.717) is 11.4 Å². The van der Waals surface area contributed by atoms with Crippen LogP contribution in [0.2, 0.25) is 0 Å². The monoisotopic (exact) mass is 193 g/mol. The van der Waals surface area contributed by atoms with Crippen LogP contribution in [0.1, 0.15) is 12.6 Å². The van der Waals surface area contributed by atoms with E-state index >= 15 is 0 Å². The summed E-state index contributed by atoms with van der Waals surface area (Å²) in [5.41, 5.74) is 3.55. The Morgan fingerprint density at radius 2 is 2.36 bits per heavy atom. The summed E-state index contributed by atoms with van der Waals surface area (Å²) in [6.45, 7) is 1.75. The SMILES string of the molecule is COC(=O)NN=C(C)c1ccccn1. The fourth-order valence-electron chi connectivity index (χ4n) is 0.809. The number of hydrogen-bond donors (Lipinski definition) is 1. The minimum Gasteiger partial charge on any atom is -0.452 e. The number of carbonyl (C=O) groups is 1. The molecule has 5 heteroatoms. The molecule has 0 aromatic carbocycles. The highest BCUT2D eigenvalue weighted by Crippen LogP contribution is 1.94. The van der Waals surface area contributed by atoms with E-state index in [4.69, 9.17) is 0 Å². The number of nitrogens with zero attached hydrogens (tertiary/aromatic N) is 2. The number of aromatic nitrogens is 1. The Bertz CT molecular complexity index is 335. The molecule has 0 spiro atoms. The van der Waals surface area contributed by atoms with Crippen LogP contribution in [-0.2, 0) is 4.74 Å². The molecule has 5 nitrogen and oxygen atoms in total. The molecule has 0 saturated carbocycles. The maximum Gasteiger partial charge on any atom is 0.427 e. The van der Waals surface area contributed by atoms with Gasteiger partial charge in [-0.05, 0) is 19.1 Å². The summed E-state index contributed by atoms with van der Waals surface area (Å²) in [4.78, 5) is 14.7. The van der Waals surface area contributed by atoms with Crippen molar-refractivity contribution in [1.82, 2.24) is 10.4 Å². The zero-order chi connectivity index (χ0) is 10.4. The van der Waals surface area contributed by atoms with Gasteiger partial charge in [-0.2, -0.15) is 5.10 Å². The number of pyridine rings is 1. The smallest absolute Gasteiger partial charge is 0.427 e. The average Bonchev–Trinajstić information content (AvgIpc) is 2.26. The molecule has 0 unspecified atom stereocenters. The molecule has 0 atom stereocenters. The lowest BCUT2D eigenvalue weighted by Crippen LogP contribution is -2.18. The molecule has 1 heterocycles. The van der Waals surface area contributed by atoms with E-state index in [9.17, 15) is 4.79 Å². The summed E-state index contributed by atoms with van der Waals surface area (Å²) in [5, 5.41) is 3.79. The fraction of sp³-hybridized carbons (Fsp3) is 0.222. The normalized spacial score (nSPS) is 10.9. The number of hydrazone groups is 1. The van der Waals surface area contributed by atoms with Crippen molar-refractivity contribution < 1.29 is 9.53 Å². The highest BCUT2D eigenvalue weighted by atomic mass is 16.5. The zero-order valence-electron chi connectivity index (χ0n) is 8.02. The van der Waals surface area contributed by atoms with Gasteiger partial charge in [0.15, 0.2) is 0 Å². The van der Waals surface area contributed by atoms with Crippen molar-refractivity contribution in [1.29, 1.82) is 0 Å². The average molecular weight is 193 g/mol. The highest BCUT2D eigenvalue weighted by Gasteiger charge is 1.99. The molecule has 1 amide bonds. The molecule has 0 fully saturated rings. The van der Waals surface area contributed by atoms with E-state index in [-0.39, 0.29) is 0 Å². The third-order valence-electron chi connectivity index (χ3n) is 1.54. The van der Waals surface area contributed by atoms with E-state index in [2.05, 4.69) is 20.2 Å². The molecule has 0 aliphatic heterocycles. The highest BCUT2D eigenvalue weighted by molar-refractivity contribution is 5.97. The van der Waals surface area contributed by atoms with Gasteiger partial charge < -0.3 is 4.74 Å². The molecule has 1 aromatic rings. The van der Waals surface area contributed by atoms with Gasteiger partial charge in [-0.15, -0.1) is 0 Å². The van der Waals surface area contributed by atoms with Crippen molar-refractivity contribution in [2.45, 2.75) is 6.92 Å². The van der Waals surface area contributed by atoms with Crippen LogP contribution >= 0.6 is 0 Å². The van der Waals surface area contributed by atoms with E-state index < -0.39 is 6.09 Å². The maximum absolute atomic E-state index is 10.7. The minimum absolute atomic E-state index is 0.597. The van der Waals surface area contributed by atoms with Crippen molar-refractivity contribution in [3.8, 4) is 0 Å². The largest absolute Gasteiger partial charge is 0.452 e. The summed E-state index contributed by atoms with van der Waals surface area (Å²) in [6, 6.07) is 5.46. The third kappa shape index (κ3) is 2.85. The molecule has 14 heavy (non-hydrogen) atoms. The van der Waals surface area contributed by atoms with Crippen LogP contribution in [-0.4, -0.2) is 23.9 Å². The topological polar surface area (TPSA) is 63.6 Å². The lowest BCUT2D eigenvalue weighted by molar-refractivity contribution is 0.171. The van der Waals surface area contributed by atoms with Gasteiger partial charge in [-0.1, -0.05) is 6.07 Å². The predicted octanol–water partition coefficient (Wildman–Crippen LogP) is 1.16. The second-order valence-corrected chi connectivity index (χ2v) is 2.52. The summed E-state index contributed by atoms with van der Waals surface area (Å²) in [6.07, 6.45) is 1.06. The van der Waals surface area contributed by atoms with Gasteiger partial charge in [0, 0.05) is 6.20 Å². The number of carbonyl (C=O) groups excluding carboxylic acids is 1. The third-order valence-corrected chi connectivity index (χ3v) is 1.54. The van der Waals surface area contributed by atoms with Crippen molar-refractivity contribution >= 4 is 11.8 Å². The van der Waals surface area contributed by atoms with Crippen molar-refractivity contribution in [3.05, 3.63) is 30.1 Å². The molecule has 1 aromatic heterocycles. The zero-order valence-corrected chi connectivity index (χ0v) is 8.02. The van der Waals surface area contributed by atoms with Crippen LogP contribution in [0.3, 0.4) is 0 Å². The molecule has 0 aliphatic carbocycles. The first-order valence-electron chi connectivity index (χ1n) is 4.03. The van der Waals surface area contributed by atoms with Gasteiger partial charge in [0.25, 0.3) is 0 Å². The molecule has 0 aliphatic rings. The quantitative estimate of drug-likeness (QED) is 0.566. The van der Waals surface area contributed by atoms with E-state index in [1.165, 1.54) is 7.11 Å². The number of rotatable bonds is 2. The van der Waals surface area contributed by atoms with Crippen LogP contribution in [0.5, 0.6) is 0 Å². The van der Waals surface area contributed by atoms with E-state index in [1.807, 2.05) is 12.1 Å². The lowest BCUT2D eigenvalue weighted by atomic mass is 10.3. The number of nitrogens with one attached hydrogen (secondary N) is 1. The van der Waals surface area contributed by atoms with Gasteiger partial charge >= 0.3 is 6.09 Å². The van der Waals surface area contributed by atoms with Crippen molar-refractivity contribution in [3.63, 3.8) is 0 Å². The Hall–Kier alpha value is -1.91. The molecular weight excluding hydrogens is 182 g/mol. The van der Waals surface area contributed by atoms with Crippen LogP contribution in [0.25, 0.3) is 0 Å². The van der Waals surface area contributed by atoms with Crippen molar-refractivity contribution in [2.24, 2.45) is 5.10 Å². The summed E-state index contributed by atoms with van der Waals surface area (Å²) in [5.74, 6) is 0. The summed E-state index contributed by atoms with van der Waals surface area (Å²) >= 11 is 0. The molecule has 0 radical (unpaired) electrons. The number of amides is 1. The fourth-order valence-corrected chi connectivity index (χ4v) is 0.809. The second kappa shape index (κ2) is 4.96. The minimum atomic E-state index is -0.597. The van der Waals surface area contributed by atoms with Crippen molar-refractivity contribution in [2.75, 3.05) is 7.11 Å². The first kappa shape index (κ1) is 10.2. The lowest BCUT2D eigenvalue weighted by Gasteiger charge is -1.99.